The molecule has 2 rings (SSSR count). The zero-order valence-electron chi connectivity index (χ0n) is 10.2. The molecule has 0 aliphatic heterocycles. The van der Waals surface area contributed by atoms with Gasteiger partial charge in [-0.15, -0.1) is 11.3 Å². The Bertz CT molecular complexity index is 568. The van der Waals surface area contributed by atoms with Gasteiger partial charge in [-0.1, -0.05) is 29.8 Å². The summed E-state index contributed by atoms with van der Waals surface area (Å²) in [6.45, 7) is 2.19. The van der Waals surface area contributed by atoms with Crippen LogP contribution in [0.3, 0.4) is 0 Å². The zero-order valence-corrected chi connectivity index (χ0v) is 11.8. The average Bonchev–Trinajstić information content (AvgIpc) is 2.81. The van der Waals surface area contributed by atoms with Crippen molar-refractivity contribution in [2.24, 2.45) is 0 Å². The van der Waals surface area contributed by atoms with Crippen LogP contribution in [0, 0.1) is 0 Å². The Hall–Kier alpha value is -1.39. The lowest BCUT2D eigenvalue weighted by atomic mass is 10.2. The molecule has 0 aliphatic carbocycles. The van der Waals surface area contributed by atoms with E-state index in [1.807, 2.05) is 36.2 Å². The first-order chi connectivity index (χ1) is 8.58. The van der Waals surface area contributed by atoms with Gasteiger partial charge in [-0.3, -0.25) is 4.79 Å². The van der Waals surface area contributed by atoms with Crippen molar-refractivity contribution in [3.8, 4) is 0 Å². The van der Waals surface area contributed by atoms with Crippen LogP contribution in [-0.4, -0.2) is 17.8 Å². The molecule has 0 spiro atoms. The van der Waals surface area contributed by atoms with E-state index in [4.69, 9.17) is 11.6 Å². The van der Waals surface area contributed by atoms with Gasteiger partial charge < -0.3 is 4.90 Å². The van der Waals surface area contributed by atoms with Crippen LogP contribution in [0.15, 0.2) is 29.6 Å². The average molecular weight is 281 g/mol. The molecule has 1 aromatic carbocycles. The van der Waals surface area contributed by atoms with E-state index < -0.39 is 0 Å². The molecule has 0 bridgehead atoms. The maximum absolute atomic E-state index is 11.2. The second-order valence-corrected chi connectivity index (χ2v) is 5.26. The lowest BCUT2D eigenvalue weighted by Crippen LogP contribution is -2.16. The van der Waals surface area contributed by atoms with Gasteiger partial charge in [0, 0.05) is 30.9 Å². The quantitative estimate of drug-likeness (QED) is 0.802. The number of nitrogens with zero attached hydrogens (tertiary/aromatic N) is 2. The van der Waals surface area contributed by atoms with Gasteiger partial charge in [-0.25, -0.2) is 4.98 Å². The molecule has 0 N–H and O–H groups in total. The van der Waals surface area contributed by atoms with Crippen LogP contribution >= 0.6 is 22.9 Å². The number of thiazole rings is 1. The fourth-order valence-electron chi connectivity index (χ4n) is 1.55. The monoisotopic (exact) mass is 280 g/mol. The molecule has 0 atom stereocenters. The SMILES string of the molecule is CC(=O)c1csc(N(C)Cc2ccccc2Cl)n1. The van der Waals surface area contributed by atoms with Crippen molar-refractivity contribution in [1.82, 2.24) is 4.98 Å². The van der Waals surface area contributed by atoms with Crippen LogP contribution in [-0.2, 0) is 6.54 Å². The van der Waals surface area contributed by atoms with Gasteiger partial charge >= 0.3 is 0 Å². The number of anilines is 1. The van der Waals surface area contributed by atoms with Crippen molar-refractivity contribution in [3.05, 3.63) is 45.9 Å². The summed E-state index contributed by atoms with van der Waals surface area (Å²) in [5.74, 6) is -0.0105. The summed E-state index contributed by atoms with van der Waals surface area (Å²) in [6, 6.07) is 7.72. The Labute approximate surface area is 115 Å². The highest BCUT2D eigenvalue weighted by Crippen LogP contribution is 2.23. The molecular weight excluding hydrogens is 268 g/mol. The number of hydrogen-bond acceptors (Lipinski definition) is 4. The fraction of sp³-hybridized carbons (Fsp3) is 0.231. The number of carbonyl (C=O) groups excluding carboxylic acids is 1. The van der Waals surface area contributed by atoms with E-state index in [9.17, 15) is 4.79 Å². The number of ketones is 1. The van der Waals surface area contributed by atoms with Crippen LogP contribution in [0.5, 0.6) is 0 Å². The normalized spacial score (nSPS) is 10.4. The molecule has 0 saturated heterocycles. The van der Waals surface area contributed by atoms with E-state index in [1.165, 1.54) is 18.3 Å². The van der Waals surface area contributed by atoms with E-state index >= 15 is 0 Å². The van der Waals surface area contributed by atoms with Crippen LogP contribution < -0.4 is 4.90 Å². The molecule has 2 aromatic rings. The molecule has 0 fully saturated rings. The van der Waals surface area contributed by atoms with Gasteiger partial charge in [0.25, 0.3) is 0 Å². The lowest BCUT2D eigenvalue weighted by Gasteiger charge is -2.16. The molecule has 0 radical (unpaired) electrons. The van der Waals surface area contributed by atoms with Gasteiger partial charge in [0.1, 0.15) is 5.69 Å². The highest BCUT2D eigenvalue weighted by Gasteiger charge is 2.11. The van der Waals surface area contributed by atoms with Crippen LogP contribution in [0.1, 0.15) is 23.0 Å². The Balaban J connectivity index is 2.14. The van der Waals surface area contributed by atoms with Crippen molar-refractivity contribution in [2.75, 3.05) is 11.9 Å². The Morgan fingerprint density at radius 2 is 2.17 bits per heavy atom. The van der Waals surface area contributed by atoms with Crippen molar-refractivity contribution in [3.63, 3.8) is 0 Å². The smallest absolute Gasteiger partial charge is 0.186 e. The largest absolute Gasteiger partial charge is 0.347 e. The summed E-state index contributed by atoms with van der Waals surface area (Å²) < 4.78 is 0. The molecule has 3 nitrogen and oxygen atoms in total. The molecule has 1 aromatic heterocycles. The van der Waals surface area contributed by atoms with Crippen molar-refractivity contribution >= 4 is 33.9 Å². The molecule has 5 heteroatoms. The Morgan fingerprint density at radius 1 is 1.44 bits per heavy atom. The number of rotatable bonds is 4. The first-order valence-electron chi connectivity index (χ1n) is 5.49. The van der Waals surface area contributed by atoms with Crippen LogP contribution in [0.4, 0.5) is 5.13 Å². The second-order valence-electron chi connectivity index (χ2n) is 4.02. The van der Waals surface area contributed by atoms with Crippen molar-refractivity contribution in [2.45, 2.75) is 13.5 Å². The molecule has 18 heavy (non-hydrogen) atoms. The summed E-state index contributed by atoms with van der Waals surface area (Å²) in [6.07, 6.45) is 0. The Morgan fingerprint density at radius 3 is 2.78 bits per heavy atom. The summed E-state index contributed by atoms with van der Waals surface area (Å²) in [4.78, 5) is 17.5. The number of Topliss-reactive ketones (excluding diaryl/α,β-unsaturated/α-hetero) is 1. The molecular formula is C13H13ClN2OS. The van der Waals surface area contributed by atoms with Gasteiger partial charge in [0.2, 0.25) is 0 Å². The number of benzene rings is 1. The third kappa shape index (κ3) is 2.89. The lowest BCUT2D eigenvalue weighted by molar-refractivity contribution is 0.101. The minimum Gasteiger partial charge on any atom is -0.347 e. The molecule has 94 valence electrons. The van der Waals surface area contributed by atoms with E-state index in [1.54, 1.807) is 5.38 Å². The predicted molar refractivity (Wildman–Crippen MR) is 75.7 cm³/mol. The van der Waals surface area contributed by atoms with Crippen molar-refractivity contribution in [1.29, 1.82) is 0 Å². The molecule has 1 heterocycles. The first-order valence-corrected chi connectivity index (χ1v) is 6.74. The van der Waals surface area contributed by atoms with Gasteiger partial charge in [-0.2, -0.15) is 0 Å². The van der Waals surface area contributed by atoms with Crippen molar-refractivity contribution < 1.29 is 4.79 Å². The first kappa shape index (κ1) is 13.1. The van der Waals surface area contributed by atoms with E-state index in [-0.39, 0.29) is 5.78 Å². The number of carbonyl (C=O) groups is 1. The topological polar surface area (TPSA) is 33.2 Å². The molecule has 0 saturated carbocycles. The van der Waals surface area contributed by atoms with E-state index in [0.29, 0.717) is 12.2 Å². The summed E-state index contributed by atoms with van der Waals surface area (Å²) in [7, 11) is 1.94. The third-order valence-electron chi connectivity index (χ3n) is 2.54. The number of halogens is 1. The van der Waals surface area contributed by atoms with Gasteiger partial charge in [0.05, 0.1) is 0 Å². The van der Waals surface area contributed by atoms with Crippen LogP contribution in [0.2, 0.25) is 5.02 Å². The van der Waals surface area contributed by atoms with Crippen LogP contribution in [0.25, 0.3) is 0 Å². The maximum Gasteiger partial charge on any atom is 0.186 e. The standard InChI is InChI=1S/C13H13ClN2OS/c1-9(17)12-8-18-13(15-12)16(2)7-10-5-3-4-6-11(10)14/h3-6,8H,7H2,1-2H3. The molecule has 0 aliphatic rings. The number of aromatic nitrogens is 1. The minimum atomic E-state index is -0.0105. The fourth-order valence-corrected chi connectivity index (χ4v) is 2.58. The summed E-state index contributed by atoms with van der Waals surface area (Å²) in [5, 5.41) is 3.34. The number of hydrogen-bond donors (Lipinski definition) is 0. The highest BCUT2D eigenvalue weighted by atomic mass is 35.5. The minimum absolute atomic E-state index is 0.0105. The summed E-state index contributed by atoms with van der Waals surface area (Å²) >= 11 is 7.58. The maximum atomic E-state index is 11.2. The second kappa shape index (κ2) is 5.50. The molecule has 0 unspecified atom stereocenters. The van der Waals surface area contributed by atoms with Gasteiger partial charge in [-0.05, 0) is 11.6 Å². The van der Waals surface area contributed by atoms with E-state index in [0.717, 1.165) is 15.7 Å². The van der Waals surface area contributed by atoms with Gasteiger partial charge in [0.15, 0.2) is 10.9 Å². The third-order valence-corrected chi connectivity index (χ3v) is 3.87. The Kier molecular flexibility index (Phi) is 3.99. The molecule has 0 amide bonds. The highest BCUT2D eigenvalue weighted by molar-refractivity contribution is 7.13. The predicted octanol–water partition coefficient (Wildman–Crippen LogP) is 3.64. The zero-order chi connectivity index (χ0) is 13.1. The summed E-state index contributed by atoms with van der Waals surface area (Å²) in [5.41, 5.74) is 1.56. The van der Waals surface area contributed by atoms with E-state index in [2.05, 4.69) is 4.98 Å².